The van der Waals surface area contributed by atoms with Crippen molar-refractivity contribution in [1.29, 1.82) is 0 Å². The number of para-hydroxylation sites is 2. The molecule has 1 aliphatic rings. The van der Waals surface area contributed by atoms with E-state index in [1.165, 1.54) is 48.5 Å². The van der Waals surface area contributed by atoms with Gasteiger partial charge >= 0.3 is 29.8 Å². The molecular weight excluding hydrogens is 1630 g/mol. The molecule has 26 N–H and O–H groups in total. The summed E-state index contributed by atoms with van der Waals surface area (Å²) in [5.74, 6) is -30.9. The third-order valence-electron chi connectivity index (χ3n) is 19.3. The van der Waals surface area contributed by atoms with Crippen LogP contribution in [0.5, 0.6) is 0 Å². The van der Waals surface area contributed by atoms with Crippen LogP contribution in [0.3, 0.4) is 0 Å². The summed E-state index contributed by atoms with van der Waals surface area (Å²) >= 11 is 0. The molecule has 13 atom stereocenters. The Morgan fingerprint density at radius 2 is 1.08 bits per heavy atom. The van der Waals surface area contributed by atoms with E-state index in [1.807, 2.05) is 16.0 Å². The van der Waals surface area contributed by atoms with Crippen LogP contribution in [-0.4, -0.2) is 254 Å². The van der Waals surface area contributed by atoms with Crippen LogP contribution in [0.15, 0.2) is 79.0 Å². The molecule has 15 amide bonds. The number of carbonyl (C=O) groups excluding carboxylic acids is 17. The summed E-state index contributed by atoms with van der Waals surface area (Å²) in [6.45, 7) is 0.864. The van der Waals surface area contributed by atoms with Crippen LogP contribution in [0.1, 0.15) is 157 Å². The molecule has 0 radical (unpaired) electrons. The first kappa shape index (κ1) is 100. The average molecular weight is 1740 g/mol. The van der Waals surface area contributed by atoms with Crippen LogP contribution in [-0.2, 0) is 102 Å². The van der Waals surface area contributed by atoms with E-state index < -0.39 is 267 Å². The number of esters is 1. The Bertz CT molecular complexity index is 4560. The number of anilines is 2. The number of Topliss-reactive ketones (excluding diaryl/α,β-unsaturated/α-hetero) is 1. The Morgan fingerprint density at radius 3 is 1.69 bits per heavy atom. The number of amides is 15. The Kier molecular flexibility index (Phi) is 40.6. The zero-order chi connectivity index (χ0) is 92.0. The van der Waals surface area contributed by atoms with E-state index in [4.69, 9.17) is 21.9 Å². The van der Waals surface area contributed by atoms with Gasteiger partial charge in [-0.1, -0.05) is 82.7 Å². The van der Waals surface area contributed by atoms with Gasteiger partial charge in [0.15, 0.2) is 5.78 Å². The lowest BCUT2D eigenvalue weighted by Gasteiger charge is -2.30. The van der Waals surface area contributed by atoms with Gasteiger partial charge in [0.05, 0.1) is 51.8 Å². The number of fused-ring (bicyclic) bond motifs is 1. The summed E-state index contributed by atoms with van der Waals surface area (Å²) in [6, 6.07) is -5.50. The number of carbonyl (C=O) groups is 21. The molecule has 1 aliphatic heterocycles. The minimum Gasteiger partial charge on any atom is -0.481 e. The number of aliphatic hydroxyl groups is 1. The highest BCUT2D eigenvalue weighted by Gasteiger charge is 2.41. The first-order chi connectivity index (χ1) is 58.7. The van der Waals surface area contributed by atoms with Gasteiger partial charge in [0.1, 0.15) is 72.6 Å². The van der Waals surface area contributed by atoms with E-state index >= 15 is 0 Å². The number of nitrogen functional groups attached to an aromatic ring is 2. The number of benzene rings is 3. The summed E-state index contributed by atoms with van der Waals surface area (Å²) in [5.41, 5.74) is 18.5. The van der Waals surface area contributed by atoms with Crippen LogP contribution in [0.25, 0.3) is 10.9 Å². The van der Waals surface area contributed by atoms with Gasteiger partial charge < -0.3 is 127 Å². The van der Waals surface area contributed by atoms with E-state index in [1.54, 1.807) is 30.5 Å². The van der Waals surface area contributed by atoms with Crippen LogP contribution >= 0.6 is 0 Å². The van der Waals surface area contributed by atoms with Crippen LogP contribution in [0, 0.1) is 5.92 Å². The maximum Gasteiger partial charge on any atom is 0.329 e. The van der Waals surface area contributed by atoms with Crippen molar-refractivity contribution in [2.24, 2.45) is 11.7 Å². The molecule has 45 heteroatoms. The van der Waals surface area contributed by atoms with Crippen molar-refractivity contribution >= 4 is 147 Å². The molecule has 5 rings (SSSR count). The molecule has 45 nitrogen and oxygen atoms in total. The minimum atomic E-state index is -2.50. The smallest absolute Gasteiger partial charge is 0.329 e. The fraction of sp³-hybridized carbons (Fsp3) is 0.481. The van der Waals surface area contributed by atoms with Crippen LogP contribution in [0.2, 0.25) is 0 Å². The summed E-state index contributed by atoms with van der Waals surface area (Å²) in [6.07, 6.45) is -2.92. The lowest BCUT2D eigenvalue weighted by atomic mass is 9.96. The number of unbranched alkanes of at least 4 members (excludes halogenated alkanes) is 6. The number of cyclic esters (lactones) is 1. The third kappa shape index (κ3) is 33.8. The van der Waals surface area contributed by atoms with Gasteiger partial charge in [0.2, 0.25) is 82.7 Å². The Hall–Kier alpha value is -14.2. The van der Waals surface area contributed by atoms with E-state index in [0.29, 0.717) is 35.0 Å². The quantitative estimate of drug-likeness (QED) is 0.00875. The number of hydrogen-bond donors (Lipinski definition) is 23. The zero-order valence-corrected chi connectivity index (χ0v) is 68.3. The molecule has 4 unspecified atom stereocenters. The van der Waals surface area contributed by atoms with Crippen molar-refractivity contribution in [2.75, 3.05) is 37.7 Å². The van der Waals surface area contributed by atoms with E-state index in [9.17, 15) is 126 Å². The number of hydrogen-bond acceptors (Lipinski definition) is 25. The largest absolute Gasteiger partial charge is 0.481 e. The average Bonchev–Trinajstić information content (AvgIpc) is 1.62. The van der Waals surface area contributed by atoms with Crippen LogP contribution < -0.4 is 91.6 Å². The topological polar surface area (TPSA) is 731 Å². The molecule has 1 fully saturated rings. The molecular formula is C79H106N18O27. The molecule has 1 aromatic heterocycles. The number of carboxylic acids is 4. The number of carboxylic acid groups (broad SMARTS) is 4. The lowest BCUT2D eigenvalue weighted by molar-refractivity contribution is -0.156. The molecule has 0 aliphatic carbocycles. The van der Waals surface area contributed by atoms with Crippen LogP contribution in [0.4, 0.5) is 11.4 Å². The predicted octanol–water partition coefficient (Wildman–Crippen LogP) is -4.57. The second-order valence-corrected chi connectivity index (χ2v) is 29.3. The van der Waals surface area contributed by atoms with Crippen molar-refractivity contribution in [2.45, 2.75) is 209 Å². The molecule has 1 saturated heterocycles. The van der Waals surface area contributed by atoms with E-state index in [0.717, 1.165) is 52.9 Å². The second kappa shape index (κ2) is 50.2. The molecule has 124 heavy (non-hydrogen) atoms. The van der Waals surface area contributed by atoms with Gasteiger partial charge in [-0.2, -0.15) is 0 Å². The Morgan fingerprint density at radius 1 is 0.532 bits per heavy atom. The monoisotopic (exact) mass is 1740 g/mol. The van der Waals surface area contributed by atoms with Gasteiger partial charge in [-0.15, -0.1) is 0 Å². The maximum atomic E-state index is 15.0. The lowest BCUT2D eigenvalue weighted by Crippen LogP contribution is -2.62. The predicted molar refractivity (Wildman–Crippen MR) is 434 cm³/mol. The molecule has 3 aromatic carbocycles. The van der Waals surface area contributed by atoms with Crippen molar-refractivity contribution < 1.29 is 131 Å². The first-order valence-electron chi connectivity index (χ1n) is 39.6. The highest BCUT2D eigenvalue weighted by atomic mass is 16.5. The van der Waals surface area contributed by atoms with E-state index in [-0.39, 0.29) is 42.6 Å². The molecule has 0 bridgehead atoms. The van der Waals surface area contributed by atoms with Gasteiger partial charge in [0, 0.05) is 65.4 Å². The maximum absolute atomic E-state index is 15.0. The minimum absolute atomic E-state index is 0.0312. The zero-order valence-electron chi connectivity index (χ0n) is 68.3. The number of H-pyrrole nitrogens is 1. The first-order valence-corrected chi connectivity index (χ1v) is 39.6. The molecule has 0 saturated carbocycles. The standard InChI is InChI=1S/C79H106N18O27/c1-5-6-7-8-9-10-11-22-59(101)89-50(29-43-35-84-48-20-15-13-17-45(43)48)73(117)92-51(31-58(82)100)74(118)94-54(34-65(110)111)75(119)97-67-41(4)124-79(123)55(30-57(99)46-18-12-14-19-47(46)81)95-78(122)66(39(2)28-62(104)105)96-76(120)56(38-98)90-61(103)36-85-70(114)52(32-63(106)107)91-68(112)40(3)87-72(116)53(33-64(108)109)93-71(115)49(88-60(102)37-86-77(67)121)21-16-27-83-69(113)42-23-25-44(80)26-24-42/h12-15,17-20,23-26,35,39-41,49-56,66-67,84,98H,5-11,16,21-22,27-34,36-38,80-81H2,1-4H3,(H2,82,100)(H,83,113)(H,85,114)(H,86,121)(H,87,116)(H,88,102)(H,89,101)(H,90,103)(H,91,112)(H,92,117)(H,93,115)(H,94,118)(H,95,122)(H,96,120)(H,97,119)(H,104,105)(H,106,107)(H,108,109)(H,110,111)/t39-,40-,41?,49+,50+,51+,52+,53?,54+,55+,56-,66?,67?/m1/s1. The normalized spacial score (nSPS) is 20.4. The summed E-state index contributed by atoms with van der Waals surface area (Å²) in [4.78, 5) is 292. The molecule has 2 heterocycles. The third-order valence-corrected chi connectivity index (χ3v) is 19.3. The number of aromatic amines is 1. The van der Waals surface area contributed by atoms with Gasteiger partial charge in [0.25, 0.3) is 5.91 Å². The highest BCUT2D eigenvalue weighted by molar-refractivity contribution is 6.05. The van der Waals surface area contributed by atoms with Gasteiger partial charge in [-0.05, 0) is 87.1 Å². The number of aromatic nitrogens is 1. The number of nitrogens with two attached hydrogens (primary N) is 3. The SMILES string of the molecule is CCCCCCCCCC(=O)N[C@@H](Cc1c[nH]c2ccccc12)C(=O)N[C@@H](CC(N)=O)C(=O)N[C@@H](CC(=O)O)C(=O)NC1C(=O)NCC(=O)N[C@@H](CCCNC(=O)c2ccc(N)cc2)C(=O)NC(CC(=O)O)C(=O)N[C@H](C)C(=O)N[C@@H](CC(=O)O)C(=O)NCC(=O)N[C@H](CO)C(=O)NC([C@H](C)CC(=O)O)C(=O)N[C@@H](CC(=O)c2ccccc2N)C(=O)OC1C. The molecule has 0 spiro atoms. The van der Waals surface area contributed by atoms with Gasteiger partial charge in [-0.25, -0.2) is 4.79 Å². The number of aliphatic hydroxyl groups excluding tert-OH is 1. The number of nitrogens with one attached hydrogen (secondary N) is 15. The number of ketones is 1. The van der Waals surface area contributed by atoms with Crippen molar-refractivity contribution in [3.63, 3.8) is 0 Å². The molecule has 674 valence electrons. The second-order valence-electron chi connectivity index (χ2n) is 29.3. The van der Waals surface area contributed by atoms with E-state index in [2.05, 4.69) is 70.4 Å². The summed E-state index contributed by atoms with van der Waals surface area (Å²) < 4.78 is 5.72. The fourth-order valence-electron chi connectivity index (χ4n) is 12.7. The van der Waals surface area contributed by atoms with Crippen molar-refractivity contribution in [1.82, 2.24) is 79.4 Å². The van der Waals surface area contributed by atoms with Crippen molar-refractivity contribution in [3.05, 3.63) is 95.7 Å². The Balaban J connectivity index is 1.63. The summed E-state index contributed by atoms with van der Waals surface area (Å²) in [5, 5.41) is 81.7. The number of ether oxygens (including phenoxy) is 1. The van der Waals surface area contributed by atoms with Gasteiger partial charge in [-0.3, -0.25) is 95.9 Å². The number of primary amides is 1. The molecule has 4 aromatic rings. The highest BCUT2D eigenvalue weighted by Crippen LogP contribution is 2.22. The van der Waals surface area contributed by atoms with Crippen molar-refractivity contribution in [3.8, 4) is 0 Å². The number of aliphatic carboxylic acids is 4. The Labute approximate surface area is 708 Å². The fourth-order valence-corrected chi connectivity index (χ4v) is 12.7. The summed E-state index contributed by atoms with van der Waals surface area (Å²) in [7, 11) is 0. The number of rotatable bonds is 37.